The fourth-order valence-corrected chi connectivity index (χ4v) is 4.91. The molecule has 6 heteroatoms. The van der Waals surface area contributed by atoms with Crippen molar-refractivity contribution in [1.82, 2.24) is 10.2 Å². The lowest BCUT2D eigenvalue weighted by Gasteiger charge is -2.46. The van der Waals surface area contributed by atoms with E-state index < -0.39 is 0 Å². The molecule has 0 radical (unpaired) electrons. The van der Waals surface area contributed by atoms with Crippen LogP contribution in [0.15, 0.2) is 6.07 Å². The summed E-state index contributed by atoms with van der Waals surface area (Å²) in [6.07, 6.45) is 1.91. The van der Waals surface area contributed by atoms with E-state index in [2.05, 4.69) is 12.2 Å². The van der Waals surface area contributed by atoms with E-state index >= 15 is 0 Å². The summed E-state index contributed by atoms with van der Waals surface area (Å²) in [4.78, 5) is 14.7. The standard InChI is InChI=1S/C15H21ClN2O2S/c1-9-7-15(4-5-17-9)14-11(6-13(16)21-14)12(8-20-15)18(3)10(2)19/h6,9,12,17H,4-5,7-8H2,1-3H3/t9-,12?,15+/m0/s1. The molecular weight excluding hydrogens is 308 g/mol. The van der Waals surface area contributed by atoms with Gasteiger partial charge in [-0.1, -0.05) is 11.6 Å². The Morgan fingerprint density at radius 1 is 1.62 bits per heavy atom. The molecule has 1 aromatic heterocycles. The Labute approximate surface area is 134 Å². The third kappa shape index (κ3) is 2.61. The van der Waals surface area contributed by atoms with Crippen LogP contribution in [0.5, 0.6) is 0 Å². The Morgan fingerprint density at radius 3 is 3.05 bits per heavy atom. The van der Waals surface area contributed by atoms with Gasteiger partial charge >= 0.3 is 0 Å². The molecule has 1 saturated heterocycles. The van der Waals surface area contributed by atoms with Gasteiger partial charge in [0.15, 0.2) is 0 Å². The number of fused-ring (bicyclic) bond motifs is 2. The summed E-state index contributed by atoms with van der Waals surface area (Å²) in [5.74, 6) is 0.0477. The number of amides is 1. The lowest BCUT2D eigenvalue weighted by molar-refractivity contribution is -0.139. The average Bonchev–Trinajstić information content (AvgIpc) is 2.81. The van der Waals surface area contributed by atoms with Crippen LogP contribution in [0.3, 0.4) is 0 Å². The molecule has 1 spiro atoms. The summed E-state index contributed by atoms with van der Waals surface area (Å²) in [6, 6.07) is 2.41. The first-order valence-electron chi connectivity index (χ1n) is 7.33. The van der Waals surface area contributed by atoms with Crippen LogP contribution in [-0.4, -0.2) is 37.0 Å². The number of likely N-dealkylation sites (N-methyl/N-ethyl adjacent to an activating group) is 1. The van der Waals surface area contributed by atoms with Crippen LogP contribution in [0.2, 0.25) is 4.34 Å². The SMILES string of the molecule is CC(=O)N(C)C1CO[C@@]2(CCN[C@@H](C)C2)c2sc(Cl)cc21. The van der Waals surface area contributed by atoms with E-state index in [1.54, 1.807) is 23.2 Å². The second-order valence-electron chi connectivity index (χ2n) is 6.10. The van der Waals surface area contributed by atoms with Gasteiger partial charge in [-0.05, 0) is 37.9 Å². The normalized spacial score (nSPS) is 32.0. The predicted molar refractivity (Wildman–Crippen MR) is 84.8 cm³/mol. The van der Waals surface area contributed by atoms with Crippen LogP contribution >= 0.6 is 22.9 Å². The van der Waals surface area contributed by atoms with Crippen LogP contribution in [0.25, 0.3) is 0 Å². The Morgan fingerprint density at radius 2 is 2.38 bits per heavy atom. The van der Waals surface area contributed by atoms with Gasteiger partial charge < -0.3 is 15.0 Å². The van der Waals surface area contributed by atoms with E-state index in [1.165, 1.54) is 10.4 Å². The third-order valence-corrected chi connectivity index (χ3v) is 6.11. The molecule has 1 unspecified atom stereocenters. The van der Waals surface area contributed by atoms with E-state index in [1.807, 2.05) is 13.1 Å². The highest BCUT2D eigenvalue weighted by Gasteiger charge is 2.46. The minimum atomic E-state index is -0.230. The maximum atomic E-state index is 11.7. The molecule has 1 amide bonds. The molecule has 21 heavy (non-hydrogen) atoms. The fraction of sp³-hybridized carbons (Fsp3) is 0.667. The quantitative estimate of drug-likeness (QED) is 0.862. The van der Waals surface area contributed by atoms with Crippen LogP contribution < -0.4 is 5.32 Å². The fourth-order valence-electron chi connectivity index (χ4n) is 3.44. The van der Waals surface area contributed by atoms with Crippen molar-refractivity contribution in [2.75, 3.05) is 20.2 Å². The van der Waals surface area contributed by atoms with E-state index in [0.29, 0.717) is 12.6 Å². The minimum absolute atomic E-state index is 0.0305. The summed E-state index contributed by atoms with van der Waals surface area (Å²) < 4.78 is 7.09. The van der Waals surface area contributed by atoms with Gasteiger partial charge in [0.2, 0.25) is 5.91 Å². The van der Waals surface area contributed by atoms with Gasteiger partial charge in [0, 0.05) is 24.9 Å². The van der Waals surface area contributed by atoms with Gasteiger partial charge in [0.1, 0.15) is 5.60 Å². The van der Waals surface area contributed by atoms with Gasteiger partial charge in [-0.3, -0.25) is 4.79 Å². The molecule has 4 nitrogen and oxygen atoms in total. The van der Waals surface area contributed by atoms with Gasteiger partial charge in [-0.2, -0.15) is 0 Å². The van der Waals surface area contributed by atoms with Gasteiger partial charge in [-0.25, -0.2) is 0 Å². The van der Waals surface area contributed by atoms with E-state index in [-0.39, 0.29) is 17.6 Å². The first kappa shape index (κ1) is 15.3. The van der Waals surface area contributed by atoms with Gasteiger partial charge in [0.05, 0.1) is 17.0 Å². The van der Waals surface area contributed by atoms with Crippen molar-refractivity contribution in [2.45, 2.75) is 44.4 Å². The van der Waals surface area contributed by atoms with Gasteiger partial charge in [-0.15, -0.1) is 11.3 Å². The number of rotatable bonds is 1. The predicted octanol–water partition coefficient (Wildman–Crippen LogP) is 2.92. The summed E-state index contributed by atoms with van der Waals surface area (Å²) >= 11 is 7.89. The topological polar surface area (TPSA) is 41.6 Å². The zero-order valence-electron chi connectivity index (χ0n) is 12.6. The van der Waals surface area contributed by atoms with Crippen LogP contribution in [0, 0.1) is 0 Å². The van der Waals surface area contributed by atoms with Crippen molar-refractivity contribution in [3.63, 3.8) is 0 Å². The maximum Gasteiger partial charge on any atom is 0.219 e. The number of halogens is 1. The van der Waals surface area contributed by atoms with Crippen molar-refractivity contribution in [3.8, 4) is 0 Å². The first-order chi connectivity index (χ1) is 9.93. The Hall–Kier alpha value is -0.620. The van der Waals surface area contributed by atoms with E-state index in [4.69, 9.17) is 16.3 Å². The second-order valence-corrected chi connectivity index (χ2v) is 7.78. The van der Waals surface area contributed by atoms with E-state index in [0.717, 1.165) is 23.7 Å². The Balaban J connectivity index is 2.01. The molecule has 3 atom stereocenters. The number of thiophene rings is 1. The number of nitrogens with zero attached hydrogens (tertiary/aromatic N) is 1. The third-order valence-electron chi connectivity index (χ3n) is 4.64. The summed E-state index contributed by atoms with van der Waals surface area (Å²) in [5, 5.41) is 3.47. The molecule has 1 fully saturated rings. The molecule has 116 valence electrons. The number of carbonyl (C=O) groups is 1. The molecule has 2 aliphatic heterocycles. The maximum absolute atomic E-state index is 11.7. The molecule has 2 aliphatic rings. The summed E-state index contributed by atoms with van der Waals surface area (Å²) in [6.45, 7) is 5.27. The number of nitrogens with one attached hydrogen (secondary N) is 1. The molecule has 0 aromatic carbocycles. The van der Waals surface area contributed by atoms with Crippen molar-refractivity contribution in [2.24, 2.45) is 0 Å². The van der Waals surface area contributed by atoms with Crippen molar-refractivity contribution in [1.29, 1.82) is 0 Å². The molecule has 1 N–H and O–H groups in total. The Kier molecular flexibility index (Phi) is 4.03. The highest BCUT2D eigenvalue weighted by atomic mass is 35.5. The lowest BCUT2D eigenvalue weighted by Crippen LogP contribution is -2.50. The number of piperidine rings is 1. The van der Waals surface area contributed by atoms with Crippen LogP contribution in [-0.2, 0) is 15.1 Å². The van der Waals surface area contributed by atoms with E-state index in [9.17, 15) is 4.79 Å². The lowest BCUT2D eigenvalue weighted by atomic mass is 9.82. The van der Waals surface area contributed by atoms with Crippen LogP contribution in [0.4, 0.5) is 0 Å². The summed E-state index contributed by atoms with van der Waals surface area (Å²) in [7, 11) is 1.83. The molecule has 3 rings (SSSR count). The van der Waals surface area contributed by atoms with Crippen molar-refractivity contribution < 1.29 is 9.53 Å². The number of ether oxygens (including phenoxy) is 1. The molecule has 1 aromatic rings. The highest BCUT2D eigenvalue weighted by molar-refractivity contribution is 7.16. The monoisotopic (exact) mass is 328 g/mol. The number of hydrogen-bond donors (Lipinski definition) is 1. The van der Waals surface area contributed by atoms with Gasteiger partial charge in [0.25, 0.3) is 0 Å². The first-order valence-corrected chi connectivity index (χ1v) is 8.53. The smallest absolute Gasteiger partial charge is 0.219 e. The molecule has 0 bridgehead atoms. The highest BCUT2D eigenvalue weighted by Crippen LogP contribution is 2.50. The number of carbonyl (C=O) groups excluding carboxylic acids is 1. The summed E-state index contributed by atoms with van der Waals surface area (Å²) in [5.41, 5.74) is 0.939. The largest absolute Gasteiger partial charge is 0.367 e. The number of hydrogen-bond acceptors (Lipinski definition) is 4. The zero-order chi connectivity index (χ0) is 15.2. The average molecular weight is 329 g/mol. The molecule has 0 aliphatic carbocycles. The van der Waals surface area contributed by atoms with Crippen molar-refractivity contribution in [3.05, 3.63) is 20.8 Å². The zero-order valence-corrected chi connectivity index (χ0v) is 14.2. The van der Waals surface area contributed by atoms with Crippen LogP contribution in [0.1, 0.15) is 43.2 Å². The molecular formula is C15H21ClN2O2S. The molecule has 3 heterocycles. The molecule has 0 saturated carbocycles. The Bertz CT molecular complexity index is 562. The minimum Gasteiger partial charge on any atom is -0.367 e. The van der Waals surface area contributed by atoms with Crippen molar-refractivity contribution >= 4 is 28.8 Å². The second kappa shape index (κ2) is 5.54.